The molecule has 0 aliphatic carbocycles. The maximum atomic E-state index is 12.0. The van der Waals surface area contributed by atoms with Crippen LogP contribution in [0, 0.1) is 13.8 Å². The number of nitrogens with one attached hydrogen (secondary N) is 1. The predicted octanol–water partition coefficient (Wildman–Crippen LogP) is 2.88. The molecule has 0 aliphatic heterocycles. The molecule has 0 radical (unpaired) electrons. The second-order valence-corrected chi connectivity index (χ2v) is 5.30. The zero-order chi connectivity index (χ0) is 13.1. The van der Waals surface area contributed by atoms with E-state index in [4.69, 9.17) is 5.73 Å². The summed E-state index contributed by atoms with van der Waals surface area (Å²) in [6.45, 7) is 4.54. The second kappa shape index (κ2) is 5.23. The van der Waals surface area contributed by atoms with Crippen molar-refractivity contribution >= 4 is 22.9 Å². The fourth-order valence-corrected chi connectivity index (χ4v) is 2.55. The smallest absolute Gasteiger partial charge is 0.253 e. The van der Waals surface area contributed by atoms with Gasteiger partial charge in [0.25, 0.3) is 5.91 Å². The molecule has 18 heavy (non-hydrogen) atoms. The Balaban J connectivity index is 2.08. The molecule has 0 saturated carbocycles. The van der Waals surface area contributed by atoms with Gasteiger partial charge < -0.3 is 11.1 Å². The summed E-state index contributed by atoms with van der Waals surface area (Å²) >= 11 is 1.65. The van der Waals surface area contributed by atoms with Gasteiger partial charge in [0, 0.05) is 10.6 Å². The highest BCUT2D eigenvalue weighted by Gasteiger charge is 2.10. The van der Waals surface area contributed by atoms with Gasteiger partial charge in [-0.1, -0.05) is 11.6 Å². The van der Waals surface area contributed by atoms with E-state index in [0.29, 0.717) is 17.8 Å². The molecule has 1 aromatic heterocycles. The third-order valence-corrected chi connectivity index (χ3v) is 3.85. The second-order valence-electron chi connectivity index (χ2n) is 4.30. The molecule has 1 heterocycles. The highest BCUT2D eigenvalue weighted by atomic mass is 32.1. The van der Waals surface area contributed by atoms with Crippen LogP contribution in [-0.2, 0) is 6.54 Å². The molecule has 0 spiro atoms. The first kappa shape index (κ1) is 12.6. The molecule has 4 heteroatoms. The molecule has 1 aromatic carbocycles. The van der Waals surface area contributed by atoms with E-state index in [2.05, 4.69) is 5.32 Å². The number of amides is 1. The lowest BCUT2D eigenvalue weighted by Crippen LogP contribution is -2.23. The lowest BCUT2D eigenvalue weighted by Gasteiger charge is -2.08. The largest absolute Gasteiger partial charge is 0.398 e. The number of hydrogen-bond donors (Lipinski definition) is 2. The van der Waals surface area contributed by atoms with E-state index >= 15 is 0 Å². The number of anilines is 1. The minimum Gasteiger partial charge on any atom is -0.398 e. The molecule has 2 aromatic rings. The van der Waals surface area contributed by atoms with E-state index in [1.807, 2.05) is 37.4 Å². The van der Waals surface area contributed by atoms with Gasteiger partial charge in [0.05, 0.1) is 12.1 Å². The molecule has 3 nitrogen and oxygen atoms in total. The third-order valence-electron chi connectivity index (χ3n) is 2.83. The van der Waals surface area contributed by atoms with Crippen molar-refractivity contribution in [3.05, 3.63) is 51.2 Å². The van der Waals surface area contributed by atoms with Crippen molar-refractivity contribution in [3.63, 3.8) is 0 Å². The minimum atomic E-state index is -0.121. The van der Waals surface area contributed by atoms with Crippen LogP contribution in [0.4, 0.5) is 5.69 Å². The number of hydrogen-bond acceptors (Lipinski definition) is 3. The summed E-state index contributed by atoms with van der Waals surface area (Å²) in [4.78, 5) is 13.2. The van der Waals surface area contributed by atoms with Gasteiger partial charge in [0.15, 0.2) is 0 Å². The summed E-state index contributed by atoms with van der Waals surface area (Å²) in [5, 5.41) is 4.93. The van der Waals surface area contributed by atoms with Crippen molar-refractivity contribution in [1.29, 1.82) is 0 Å². The fraction of sp³-hybridized carbons (Fsp3) is 0.214. The van der Waals surface area contributed by atoms with Gasteiger partial charge >= 0.3 is 0 Å². The average molecular weight is 260 g/mol. The summed E-state index contributed by atoms with van der Waals surface area (Å²) in [7, 11) is 0. The van der Waals surface area contributed by atoms with E-state index < -0.39 is 0 Å². The number of aryl methyl sites for hydroxylation is 2. The van der Waals surface area contributed by atoms with Gasteiger partial charge in [0.1, 0.15) is 0 Å². The molecule has 94 valence electrons. The monoisotopic (exact) mass is 260 g/mol. The standard InChI is InChI=1S/C14H16N2OS/c1-9-3-4-12(15)11(7-9)14(17)16-8-13-10(2)5-6-18-13/h3-7H,8,15H2,1-2H3,(H,16,17). The van der Waals surface area contributed by atoms with Gasteiger partial charge in [-0.15, -0.1) is 11.3 Å². The molecular formula is C14H16N2OS. The number of carbonyl (C=O) groups excluding carboxylic acids is 1. The Morgan fingerprint density at radius 2 is 2.11 bits per heavy atom. The first-order valence-electron chi connectivity index (χ1n) is 5.75. The van der Waals surface area contributed by atoms with Gasteiger partial charge in [-0.3, -0.25) is 4.79 Å². The van der Waals surface area contributed by atoms with Crippen molar-refractivity contribution in [1.82, 2.24) is 5.32 Å². The molecule has 3 N–H and O–H groups in total. The zero-order valence-electron chi connectivity index (χ0n) is 10.5. The van der Waals surface area contributed by atoms with Crippen molar-refractivity contribution in [3.8, 4) is 0 Å². The number of benzene rings is 1. The highest BCUT2D eigenvalue weighted by molar-refractivity contribution is 7.10. The first-order valence-corrected chi connectivity index (χ1v) is 6.63. The van der Waals surface area contributed by atoms with E-state index in [9.17, 15) is 4.79 Å². The fourth-order valence-electron chi connectivity index (χ4n) is 1.71. The molecule has 0 unspecified atom stereocenters. The molecule has 0 saturated heterocycles. The summed E-state index contributed by atoms with van der Waals surface area (Å²) < 4.78 is 0. The SMILES string of the molecule is Cc1ccc(N)c(C(=O)NCc2sccc2C)c1. The van der Waals surface area contributed by atoms with Crippen molar-refractivity contribution in [2.75, 3.05) is 5.73 Å². The van der Waals surface area contributed by atoms with Crippen LogP contribution in [0.3, 0.4) is 0 Å². The van der Waals surface area contributed by atoms with E-state index in [-0.39, 0.29) is 5.91 Å². The van der Waals surface area contributed by atoms with Crippen LogP contribution in [0.2, 0.25) is 0 Å². The molecule has 2 rings (SSSR count). The Morgan fingerprint density at radius 3 is 2.78 bits per heavy atom. The number of carbonyl (C=O) groups is 1. The van der Waals surface area contributed by atoms with Crippen LogP contribution < -0.4 is 11.1 Å². The van der Waals surface area contributed by atoms with E-state index in [0.717, 1.165) is 5.56 Å². The van der Waals surface area contributed by atoms with Crippen molar-refractivity contribution in [2.45, 2.75) is 20.4 Å². The van der Waals surface area contributed by atoms with Gasteiger partial charge in [-0.25, -0.2) is 0 Å². The minimum absolute atomic E-state index is 0.121. The van der Waals surface area contributed by atoms with Crippen LogP contribution in [0.5, 0.6) is 0 Å². The number of thiophene rings is 1. The van der Waals surface area contributed by atoms with Crippen LogP contribution in [0.15, 0.2) is 29.6 Å². The number of rotatable bonds is 3. The van der Waals surface area contributed by atoms with Gasteiger partial charge in [0.2, 0.25) is 0 Å². The average Bonchev–Trinajstić information content (AvgIpc) is 2.75. The van der Waals surface area contributed by atoms with Crippen LogP contribution in [-0.4, -0.2) is 5.91 Å². The van der Waals surface area contributed by atoms with E-state index in [1.54, 1.807) is 17.4 Å². The Labute approximate surface area is 111 Å². The first-order chi connectivity index (χ1) is 8.58. The van der Waals surface area contributed by atoms with Gasteiger partial charge in [-0.05, 0) is 43.0 Å². The highest BCUT2D eigenvalue weighted by Crippen LogP contribution is 2.17. The quantitative estimate of drug-likeness (QED) is 0.834. The lowest BCUT2D eigenvalue weighted by molar-refractivity contribution is 0.0952. The Bertz CT molecular complexity index is 575. The maximum Gasteiger partial charge on any atom is 0.253 e. The summed E-state index contributed by atoms with van der Waals surface area (Å²) in [6, 6.07) is 7.52. The third kappa shape index (κ3) is 2.71. The molecule has 0 fully saturated rings. The summed E-state index contributed by atoms with van der Waals surface area (Å²) in [6.07, 6.45) is 0. The van der Waals surface area contributed by atoms with E-state index in [1.165, 1.54) is 10.4 Å². The Morgan fingerprint density at radius 1 is 1.33 bits per heavy atom. The van der Waals surface area contributed by atoms with Crippen molar-refractivity contribution in [2.24, 2.45) is 0 Å². The Hall–Kier alpha value is -1.81. The predicted molar refractivity (Wildman–Crippen MR) is 75.8 cm³/mol. The van der Waals surface area contributed by atoms with Crippen LogP contribution in [0.1, 0.15) is 26.4 Å². The molecule has 0 atom stereocenters. The summed E-state index contributed by atoms with van der Waals surface area (Å²) in [5.74, 6) is -0.121. The lowest BCUT2D eigenvalue weighted by atomic mass is 10.1. The molecule has 1 amide bonds. The maximum absolute atomic E-state index is 12.0. The van der Waals surface area contributed by atoms with Crippen LogP contribution in [0.25, 0.3) is 0 Å². The number of nitrogen functional groups attached to an aromatic ring is 1. The molecular weight excluding hydrogens is 244 g/mol. The zero-order valence-corrected chi connectivity index (χ0v) is 11.3. The van der Waals surface area contributed by atoms with Crippen LogP contribution >= 0.6 is 11.3 Å². The normalized spacial score (nSPS) is 10.3. The molecule has 0 aliphatic rings. The Kier molecular flexibility index (Phi) is 3.67. The van der Waals surface area contributed by atoms with Gasteiger partial charge in [-0.2, -0.15) is 0 Å². The topological polar surface area (TPSA) is 55.1 Å². The molecule has 0 bridgehead atoms. The number of nitrogens with two attached hydrogens (primary N) is 1. The van der Waals surface area contributed by atoms with Crippen molar-refractivity contribution < 1.29 is 4.79 Å². The summed E-state index contributed by atoms with van der Waals surface area (Å²) in [5.41, 5.74) is 9.11.